The molecular weight excluding hydrogens is 555 g/mol. The number of hydrogen-bond acceptors (Lipinski definition) is 3. The van der Waals surface area contributed by atoms with Crippen LogP contribution in [0.5, 0.6) is 5.75 Å². The van der Waals surface area contributed by atoms with Crippen molar-refractivity contribution in [2.24, 2.45) is 5.92 Å². The first-order valence-corrected chi connectivity index (χ1v) is 15.2. The molecule has 0 unspecified atom stereocenters. The maximum Gasteiger partial charge on any atom is 0.347 e. The Bertz CT molecular complexity index is 1690. The highest BCUT2D eigenvalue weighted by Crippen LogP contribution is 2.32. The highest BCUT2D eigenvalue weighted by atomic mass is 19.1. The number of halogens is 1. The van der Waals surface area contributed by atoms with Gasteiger partial charge in [-0.3, -0.25) is 4.79 Å². The maximum atomic E-state index is 14.5. The van der Waals surface area contributed by atoms with Crippen molar-refractivity contribution < 1.29 is 23.8 Å². The van der Waals surface area contributed by atoms with Gasteiger partial charge in [-0.2, -0.15) is 0 Å². The molecule has 0 aliphatic heterocycles. The molecule has 4 aromatic rings. The summed E-state index contributed by atoms with van der Waals surface area (Å²) in [5, 5.41) is 13.7. The molecule has 0 radical (unpaired) electrons. The van der Waals surface area contributed by atoms with E-state index in [4.69, 9.17) is 4.74 Å². The highest BCUT2D eigenvalue weighted by Gasteiger charge is 2.29. The van der Waals surface area contributed by atoms with Gasteiger partial charge in [0.2, 0.25) is 0 Å². The summed E-state index contributed by atoms with van der Waals surface area (Å²) in [6, 6.07) is 18.1. The van der Waals surface area contributed by atoms with E-state index in [0.717, 1.165) is 39.8 Å². The summed E-state index contributed by atoms with van der Waals surface area (Å²) < 4.78 is 22.6. The number of rotatable bonds is 10. The highest BCUT2D eigenvalue weighted by molar-refractivity contribution is 5.99. The summed E-state index contributed by atoms with van der Waals surface area (Å²) in [6.45, 7) is 18.1. The van der Waals surface area contributed by atoms with Crippen molar-refractivity contribution in [1.82, 2.24) is 9.88 Å². The molecule has 44 heavy (non-hydrogen) atoms. The number of aromatic nitrogens is 1. The van der Waals surface area contributed by atoms with Crippen molar-refractivity contribution in [2.75, 3.05) is 0 Å². The van der Waals surface area contributed by atoms with E-state index in [1.54, 1.807) is 12.1 Å². The van der Waals surface area contributed by atoms with Crippen LogP contribution in [0.2, 0.25) is 0 Å². The third-order valence-electron chi connectivity index (χ3n) is 8.08. The molecule has 0 spiro atoms. The van der Waals surface area contributed by atoms with Crippen molar-refractivity contribution >= 4 is 22.8 Å². The number of nitrogens with one attached hydrogen (secondary N) is 1. The summed E-state index contributed by atoms with van der Waals surface area (Å²) in [7, 11) is 0. The standard InChI is InChI=1S/C37H45FN2O4/c1-22(2)21-40-24(4)30(18-25-11-10-12-28(17-25)44-37(8,9)35(42)43)29-15-13-27(20-33(29)40)34(41)39-23(3)26-14-16-32(38)31(19-26)36(5,6)7/h10-17,19-20,22-23H,18,21H2,1-9H3,(H,39,41)(H,42,43)/t23-/m0/s1. The van der Waals surface area contributed by atoms with E-state index >= 15 is 0 Å². The molecule has 0 saturated heterocycles. The van der Waals surface area contributed by atoms with Gasteiger partial charge in [-0.05, 0) is 98.0 Å². The monoisotopic (exact) mass is 600 g/mol. The first-order chi connectivity index (χ1) is 20.5. The van der Waals surface area contributed by atoms with E-state index in [1.165, 1.54) is 19.9 Å². The van der Waals surface area contributed by atoms with E-state index in [1.807, 2.05) is 70.2 Å². The number of carboxylic acids is 1. The van der Waals surface area contributed by atoms with E-state index < -0.39 is 11.6 Å². The average Bonchev–Trinajstić information content (AvgIpc) is 3.17. The Morgan fingerprint density at radius 3 is 2.32 bits per heavy atom. The van der Waals surface area contributed by atoms with Crippen LogP contribution in [-0.2, 0) is 23.2 Å². The maximum absolute atomic E-state index is 14.5. The Morgan fingerprint density at radius 1 is 0.977 bits per heavy atom. The second-order valence-electron chi connectivity index (χ2n) is 13.7. The van der Waals surface area contributed by atoms with Crippen LogP contribution in [0.25, 0.3) is 10.9 Å². The fourth-order valence-corrected chi connectivity index (χ4v) is 5.53. The van der Waals surface area contributed by atoms with Crippen LogP contribution in [0, 0.1) is 18.7 Å². The zero-order chi connectivity index (χ0) is 32.6. The fraction of sp³-hybridized carbons (Fsp3) is 0.405. The third-order valence-corrected chi connectivity index (χ3v) is 8.08. The molecule has 1 amide bonds. The quantitative estimate of drug-likeness (QED) is 0.192. The molecule has 1 atom stereocenters. The van der Waals surface area contributed by atoms with Gasteiger partial charge in [-0.1, -0.05) is 65.0 Å². The van der Waals surface area contributed by atoms with Crippen LogP contribution in [0.15, 0.2) is 60.7 Å². The number of carbonyl (C=O) groups excluding carboxylic acids is 1. The third kappa shape index (κ3) is 7.15. The van der Waals surface area contributed by atoms with Crippen molar-refractivity contribution in [2.45, 2.75) is 92.3 Å². The molecule has 4 rings (SSSR count). The van der Waals surface area contributed by atoms with Crippen LogP contribution < -0.4 is 10.1 Å². The Hall–Kier alpha value is -4.13. The number of fused-ring (bicyclic) bond motifs is 1. The molecule has 1 heterocycles. The molecule has 0 fully saturated rings. The minimum Gasteiger partial charge on any atom is -0.478 e. The lowest BCUT2D eigenvalue weighted by atomic mass is 9.85. The predicted molar refractivity (Wildman–Crippen MR) is 174 cm³/mol. The topological polar surface area (TPSA) is 80.6 Å². The number of aliphatic carboxylic acids is 1. The van der Waals surface area contributed by atoms with Crippen LogP contribution >= 0.6 is 0 Å². The number of hydrogen-bond donors (Lipinski definition) is 2. The lowest BCUT2D eigenvalue weighted by Crippen LogP contribution is -2.37. The smallest absolute Gasteiger partial charge is 0.347 e. The van der Waals surface area contributed by atoms with Gasteiger partial charge in [0.15, 0.2) is 5.60 Å². The van der Waals surface area contributed by atoms with Gasteiger partial charge in [0.25, 0.3) is 5.91 Å². The molecule has 1 aromatic heterocycles. The molecule has 0 aliphatic rings. The Labute approximate surface area is 260 Å². The largest absolute Gasteiger partial charge is 0.478 e. The van der Waals surface area contributed by atoms with Crippen LogP contribution in [0.4, 0.5) is 4.39 Å². The second kappa shape index (κ2) is 12.5. The summed E-state index contributed by atoms with van der Waals surface area (Å²) in [5.74, 6) is -0.575. The Morgan fingerprint density at radius 2 is 1.68 bits per heavy atom. The van der Waals surface area contributed by atoms with Gasteiger partial charge in [0.05, 0.1) is 6.04 Å². The van der Waals surface area contributed by atoms with E-state index in [-0.39, 0.29) is 23.2 Å². The number of ether oxygens (including phenoxy) is 1. The molecule has 0 bridgehead atoms. The molecule has 2 N–H and O–H groups in total. The molecular formula is C37H45FN2O4. The molecule has 0 saturated carbocycles. The zero-order valence-corrected chi connectivity index (χ0v) is 27.3. The number of nitrogens with zero attached hydrogens (tertiary/aromatic N) is 1. The minimum atomic E-state index is -1.35. The molecule has 0 aliphatic carbocycles. The van der Waals surface area contributed by atoms with Gasteiger partial charge < -0.3 is 19.7 Å². The summed E-state index contributed by atoms with van der Waals surface area (Å²) in [4.78, 5) is 25.1. The van der Waals surface area contributed by atoms with Crippen molar-refractivity contribution in [3.05, 3.63) is 100.0 Å². The van der Waals surface area contributed by atoms with Gasteiger partial charge >= 0.3 is 5.97 Å². The summed E-state index contributed by atoms with van der Waals surface area (Å²) >= 11 is 0. The molecule has 3 aromatic carbocycles. The number of carbonyl (C=O) groups is 2. The van der Waals surface area contributed by atoms with Crippen LogP contribution in [-0.4, -0.2) is 27.2 Å². The summed E-state index contributed by atoms with van der Waals surface area (Å²) in [5.41, 5.74) is 4.59. The lowest BCUT2D eigenvalue weighted by molar-refractivity contribution is -0.152. The predicted octanol–water partition coefficient (Wildman–Crippen LogP) is 8.37. The van der Waals surface area contributed by atoms with Gasteiger partial charge in [0, 0.05) is 28.7 Å². The first-order valence-electron chi connectivity index (χ1n) is 15.2. The normalized spacial score (nSPS) is 12.9. The van der Waals surface area contributed by atoms with Gasteiger partial charge in [-0.25, -0.2) is 9.18 Å². The Kier molecular flexibility index (Phi) is 9.29. The number of amides is 1. The number of carboxylic acid groups (broad SMARTS) is 1. The molecule has 6 nitrogen and oxygen atoms in total. The first kappa shape index (κ1) is 32.8. The molecule has 7 heteroatoms. The second-order valence-corrected chi connectivity index (χ2v) is 13.7. The van der Waals surface area contributed by atoms with Crippen LogP contribution in [0.3, 0.4) is 0 Å². The van der Waals surface area contributed by atoms with Crippen molar-refractivity contribution in [3.8, 4) is 5.75 Å². The van der Waals surface area contributed by atoms with Crippen molar-refractivity contribution in [1.29, 1.82) is 0 Å². The Balaban J connectivity index is 1.65. The van der Waals surface area contributed by atoms with Crippen molar-refractivity contribution in [3.63, 3.8) is 0 Å². The molecule has 234 valence electrons. The SMILES string of the molecule is Cc1c(Cc2cccc(OC(C)(C)C(=O)O)c2)c2ccc(C(=O)N[C@@H](C)c3ccc(F)c(C(C)(C)C)c3)cc2n1CC(C)C. The zero-order valence-electron chi connectivity index (χ0n) is 27.3. The van der Waals surface area contributed by atoms with E-state index in [0.29, 0.717) is 29.2 Å². The minimum absolute atomic E-state index is 0.191. The summed E-state index contributed by atoms with van der Waals surface area (Å²) in [6.07, 6.45) is 0.626. The van der Waals surface area contributed by atoms with Gasteiger partial charge in [-0.15, -0.1) is 0 Å². The fourth-order valence-electron chi connectivity index (χ4n) is 5.53. The van der Waals surface area contributed by atoms with E-state index in [2.05, 4.69) is 30.7 Å². The van der Waals surface area contributed by atoms with E-state index in [9.17, 15) is 19.1 Å². The lowest BCUT2D eigenvalue weighted by Gasteiger charge is -2.22. The van der Waals surface area contributed by atoms with Gasteiger partial charge in [0.1, 0.15) is 11.6 Å². The average molecular weight is 601 g/mol. The number of benzene rings is 3. The van der Waals surface area contributed by atoms with Crippen LogP contribution in [0.1, 0.15) is 99.7 Å².